The van der Waals surface area contributed by atoms with Gasteiger partial charge in [-0.2, -0.15) is 8.62 Å². The lowest BCUT2D eigenvalue weighted by atomic mass is 10.0. The lowest BCUT2D eigenvalue weighted by Crippen LogP contribution is -2.48. The first-order valence-corrected chi connectivity index (χ1v) is 12.6. The lowest BCUT2D eigenvalue weighted by molar-refractivity contribution is -0.162. The van der Waals surface area contributed by atoms with Crippen LogP contribution < -0.4 is 0 Å². The van der Waals surface area contributed by atoms with Crippen molar-refractivity contribution in [2.45, 2.75) is 24.4 Å². The van der Waals surface area contributed by atoms with Gasteiger partial charge in [0.05, 0.1) is 6.61 Å². The van der Waals surface area contributed by atoms with E-state index in [9.17, 15) is 23.1 Å². The molecule has 0 aromatic carbocycles. The maximum Gasteiger partial charge on any atom is 0.527 e. The van der Waals surface area contributed by atoms with Crippen molar-refractivity contribution in [2.75, 3.05) is 6.61 Å². The van der Waals surface area contributed by atoms with Crippen LogP contribution in [0.5, 0.6) is 0 Å². The fourth-order valence-corrected chi connectivity index (χ4v) is 4.00. The number of phosphoric acid groups is 4. The summed E-state index contributed by atoms with van der Waals surface area (Å²) in [5.41, 5.74) is 0. The molecular formula is C6H18O20P4. The van der Waals surface area contributed by atoms with Crippen molar-refractivity contribution in [3.63, 3.8) is 0 Å². The summed E-state index contributed by atoms with van der Waals surface area (Å²) in [4.78, 5) is 67.5. The van der Waals surface area contributed by atoms with Crippen LogP contribution in [0.1, 0.15) is 0 Å². The lowest BCUT2D eigenvalue weighted by Gasteiger charge is -2.24. The second-order valence-electron chi connectivity index (χ2n) is 4.69. The molecule has 0 amide bonds. The number of hydrogen-bond acceptors (Lipinski definition) is 13. The van der Waals surface area contributed by atoms with E-state index < -0.39 is 68.3 Å². The summed E-state index contributed by atoms with van der Waals surface area (Å²) in [6, 6.07) is 0. The molecule has 24 heteroatoms. The molecule has 4 unspecified atom stereocenters. The van der Waals surface area contributed by atoms with Gasteiger partial charge in [0.15, 0.2) is 6.10 Å². The highest BCUT2D eigenvalue weighted by Crippen LogP contribution is 2.64. The van der Waals surface area contributed by atoms with Crippen LogP contribution in [0.2, 0.25) is 0 Å². The molecule has 0 aliphatic carbocycles. The second-order valence-corrected chi connectivity index (χ2v) is 10.1. The maximum atomic E-state index is 10.8. The third-order valence-corrected chi connectivity index (χ3v) is 5.89. The molecule has 0 aliphatic rings. The van der Waals surface area contributed by atoms with Crippen molar-refractivity contribution < 1.29 is 96.0 Å². The largest absolute Gasteiger partial charge is 0.527 e. The molecule has 182 valence electrons. The molecule has 12 N–H and O–H groups in total. The van der Waals surface area contributed by atoms with Gasteiger partial charge in [0.25, 0.3) is 0 Å². The molecule has 30 heavy (non-hydrogen) atoms. The Morgan fingerprint density at radius 3 is 1.33 bits per heavy atom. The zero-order valence-electron chi connectivity index (χ0n) is 13.9. The predicted octanol–water partition coefficient (Wildman–Crippen LogP) is -4.64. The summed E-state index contributed by atoms with van der Waals surface area (Å²) >= 11 is 0. The van der Waals surface area contributed by atoms with Crippen molar-refractivity contribution >= 4 is 37.3 Å². The molecule has 0 aromatic rings. The van der Waals surface area contributed by atoms with E-state index in [0.29, 0.717) is 0 Å². The molecule has 0 fully saturated rings. The Morgan fingerprint density at radius 2 is 1.07 bits per heavy atom. The van der Waals surface area contributed by atoms with Crippen molar-refractivity contribution in [1.29, 1.82) is 0 Å². The number of phosphoric ester groups is 1. The Balaban J connectivity index is 0. The molecule has 0 aliphatic heterocycles. The van der Waals surface area contributed by atoms with Gasteiger partial charge in [0, 0.05) is 0 Å². The van der Waals surface area contributed by atoms with E-state index in [1.807, 2.05) is 0 Å². The van der Waals surface area contributed by atoms with Crippen LogP contribution in [0.25, 0.3) is 0 Å². The quantitative estimate of drug-likeness (QED) is 0.117. The molecule has 0 saturated heterocycles. The number of carbonyl (C=O) groups excluding carboxylic acids is 1. The zero-order chi connectivity index (χ0) is 24.7. The average Bonchev–Trinajstić information content (AvgIpc) is 2.45. The third kappa shape index (κ3) is 16.5. The van der Waals surface area contributed by atoms with Crippen LogP contribution in [0, 0.1) is 0 Å². The van der Waals surface area contributed by atoms with Gasteiger partial charge in [-0.1, -0.05) is 0 Å². The molecule has 0 spiro atoms. The maximum absolute atomic E-state index is 10.8. The third-order valence-electron chi connectivity index (χ3n) is 2.12. The summed E-state index contributed by atoms with van der Waals surface area (Å²) in [6.07, 6.45) is -8.71. The minimum Gasteiger partial charge on any atom is -0.394 e. The van der Waals surface area contributed by atoms with Gasteiger partial charge >= 0.3 is 37.3 Å². The van der Waals surface area contributed by atoms with Gasteiger partial charge < -0.3 is 54.5 Å². The minimum absolute atomic E-state index is 0.960. The van der Waals surface area contributed by atoms with Crippen molar-refractivity contribution in [2.24, 2.45) is 0 Å². The number of aliphatic hydroxyl groups is 5. The number of hydrogen-bond donors (Lipinski definition) is 12. The Bertz CT molecular complexity index is 702. The van der Waals surface area contributed by atoms with Crippen LogP contribution in [0.4, 0.5) is 0 Å². The number of aliphatic hydroxyl groups excluding tert-OH is 5. The van der Waals surface area contributed by atoms with E-state index in [-0.39, 0.29) is 0 Å². The highest BCUT2D eigenvalue weighted by Gasteiger charge is 2.39. The SMILES string of the molecule is O=C(OP(=O)(O)O)C(O)C(O)C(O)C(O)CO.O=P(O)(O)OP(=O)(O)OP(=O)(O)O. The van der Waals surface area contributed by atoms with Crippen molar-refractivity contribution in [1.82, 2.24) is 0 Å². The molecule has 20 nitrogen and oxygen atoms in total. The fourth-order valence-electron chi connectivity index (χ4n) is 1.12. The first-order valence-electron chi connectivity index (χ1n) is 6.50. The molecule has 0 rings (SSSR count). The molecule has 4 atom stereocenters. The first-order chi connectivity index (χ1) is 13.0. The molecule has 0 bridgehead atoms. The van der Waals surface area contributed by atoms with E-state index in [4.69, 9.17) is 59.8 Å². The van der Waals surface area contributed by atoms with Gasteiger partial charge in [0.2, 0.25) is 0 Å². The number of rotatable bonds is 10. The predicted molar refractivity (Wildman–Crippen MR) is 85.3 cm³/mol. The van der Waals surface area contributed by atoms with Crippen LogP contribution in [-0.4, -0.2) is 96.8 Å². The fraction of sp³-hybridized carbons (Fsp3) is 0.833. The van der Waals surface area contributed by atoms with Crippen molar-refractivity contribution in [3.05, 3.63) is 0 Å². The molecular weight excluding hydrogens is 516 g/mol. The monoisotopic (exact) mass is 534 g/mol. The molecule has 0 aromatic heterocycles. The molecule has 0 saturated carbocycles. The highest BCUT2D eigenvalue weighted by molar-refractivity contribution is 7.66. The summed E-state index contributed by atoms with van der Waals surface area (Å²) in [6.45, 7) is -0.960. The first kappa shape index (κ1) is 32.0. The summed E-state index contributed by atoms with van der Waals surface area (Å²) < 4.78 is 50.1. The highest BCUT2D eigenvalue weighted by atomic mass is 31.3. The van der Waals surface area contributed by atoms with Crippen molar-refractivity contribution in [3.8, 4) is 0 Å². The van der Waals surface area contributed by atoms with Gasteiger partial charge in [-0.3, -0.25) is 9.79 Å². The Labute approximate surface area is 165 Å². The zero-order valence-corrected chi connectivity index (χ0v) is 17.5. The van der Waals surface area contributed by atoms with Gasteiger partial charge in [-0.15, -0.1) is 0 Å². The Morgan fingerprint density at radius 1 is 0.700 bits per heavy atom. The molecule has 0 heterocycles. The molecule has 0 radical (unpaired) electrons. The van der Waals surface area contributed by atoms with E-state index in [0.717, 1.165) is 0 Å². The Kier molecular flexibility index (Phi) is 13.0. The van der Waals surface area contributed by atoms with Crippen LogP contribution in [0.15, 0.2) is 0 Å². The summed E-state index contributed by atoms with van der Waals surface area (Å²) in [5.74, 6) is -1.88. The van der Waals surface area contributed by atoms with E-state index in [1.165, 1.54) is 0 Å². The van der Waals surface area contributed by atoms with Gasteiger partial charge in [0.1, 0.15) is 18.3 Å². The normalized spacial score (nSPS) is 17.2. The van der Waals surface area contributed by atoms with Crippen LogP contribution >= 0.6 is 31.3 Å². The second kappa shape index (κ2) is 12.2. The van der Waals surface area contributed by atoms with Gasteiger partial charge in [-0.05, 0) is 0 Å². The van der Waals surface area contributed by atoms with E-state index in [2.05, 4.69) is 13.1 Å². The Hall–Kier alpha value is -0.170. The van der Waals surface area contributed by atoms with Crippen LogP contribution in [0.3, 0.4) is 0 Å². The van der Waals surface area contributed by atoms with E-state index in [1.54, 1.807) is 0 Å². The summed E-state index contributed by atoms with van der Waals surface area (Å²) in [7, 11) is -21.4. The standard InChI is InChI=1S/C6H13O10P.H5O10P3/c7-1-2(8)3(9)4(10)5(11)6(12)16-17(13,14)15;1-11(2,3)9-13(7,8)10-12(4,5)6/h2-5,7-11H,1H2,(H2,13,14,15);(H,7,8)(H2,1,2,3)(H2,4,5,6). The summed E-state index contributed by atoms with van der Waals surface area (Å²) in [5, 5.41) is 44.6. The smallest absolute Gasteiger partial charge is 0.394 e. The topological polar surface area (TPSA) is 356 Å². The average molecular weight is 534 g/mol. The number of carbonyl (C=O) groups is 1. The minimum atomic E-state index is -5.46. The van der Waals surface area contributed by atoms with E-state index >= 15 is 0 Å². The van der Waals surface area contributed by atoms with Crippen LogP contribution in [-0.2, 0) is 36.2 Å². The van der Waals surface area contributed by atoms with Gasteiger partial charge in [-0.25, -0.2) is 23.1 Å².